The van der Waals surface area contributed by atoms with Gasteiger partial charge >= 0.3 is 6.18 Å². The molecule has 0 aromatic heterocycles. The van der Waals surface area contributed by atoms with Crippen LogP contribution in [0.4, 0.5) is 13.2 Å². The second-order valence-electron chi connectivity index (χ2n) is 4.84. The molecule has 0 saturated carbocycles. The summed E-state index contributed by atoms with van der Waals surface area (Å²) in [4.78, 5) is 0. The van der Waals surface area contributed by atoms with Crippen molar-refractivity contribution in [1.82, 2.24) is 10.6 Å². The Labute approximate surface area is 104 Å². The summed E-state index contributed by atoms with van der Waals surface area (Å²) >= 11 is 0. The molecule has 0 radical (unpaired) electrons. The number of alkyl halides is 3. The molecule has 6 heteroatoms. The van der Waals surface area contributed by atoms with E-state index in [2.05, 4.69) is 10.6 Å². The summed E-state index contributed by atoms with van der Waals surface area (Å²) in [7, 11) is 0. The van der Waals surface area contributed by atoms with Crippen molar-refractivity contribution in [1.29, 1.82) is 0 Å². The second kappa shape index (κ2) is 5.32. The van der Waals surface area contributed by atoms with E-state index in [4.69, 9.17) is 5.73 Å². The molecule has 0 amide bonds. The molecule has 0 spiro atoms. The molecule has 0 aromatic carbocycles. The first kappa shape index (κ1) is 13.4. The van der Waals surface area contributed by atoms with Gasteiger partial charge in [0.15, 0.2) is 0 Å². The van der Waals surface area contributed by atoms with Crippen molar-refractivity contribution in [2.24, 2.45) is 5.73 Å². The van der Waals surface area contributed by atoms with Crippen LogP contribution in [0.25, 0.3) is 0 Å². The van der Waals surface area contributed by atoms with Crippen LogP contribution in [0.5, 0.6) is 0 Å². The van der Waals surface area contributed by atoms with Gasteiger partial charge in [0.05, 0.1) is 0 Å². The molecule has 1 aliphatic heterocycles. The minimum absolute atomic E-state index is 0.0336. The lowest BCUT2D eigenvalue weighted by atomic mass is 9.96. The molecule has 2 aliphatic rings. The standard InChI is InChI=1S/C12H18F3N3/c13-12(14,15)8-5-9(16)7-11(6-8)18-10-1-3-17-4-2-10/h5,7,10-11,17-18H,1-4,6,16H2. The number of hydrogen-bond acceptors (Lipinski definition) is 3. The fourth-order valence-corrected chi connectivity index (χ4v) is 2.43. The Morgan fingerprint density at radius 3 is 2.56 bits per heavy atom. The van der Waals surface area contributed by atoms with E-state index >= 15 is 0 Å². The molecule has 4 N–H and O–H groups in total. The summed E-state index contributed by atoms with van der Waals surface area (Å²) < 4.78 is 38.0. The molecule has 1 heterocycles. The summed E-state index contributed by atoms with van der Waals surface area (Å²) in [5.74, 6) is 0. The van der Waals surface area contributed by atoms with E-state index in [0.29, 0.717) is 0 Å². The number of nitrogens with one attached hydrogen (secondary N) is 2. The minimum Gasteiger partial charge on any atom is -0.399 e. The first-order valence-corrected chi connectivity index (χ1v) is 6.17. The van der Waals surface area contributed by atoms with Gasteiger partial charge < -0.3 is 16.4 Å². The van der Waals surface area contributed by atoms with Crippen molar-refractivity contribution in [2.75, 3.05) is 13.1 Å². The Morgan fingerprint density at radius 2 is 1.94 bits per heavy atom. The van der Waals surface area contributed by atoms with Crippen molar-refractivity contribution < 1.29 is 13.2 Å². The molecule has 0 aromatic rings. The molecular formula is C12H18F3N3. The minimum atomic E-state index is -4.28. The third-order valence-electron chi connectivity index (χ3n) is 3.33. The lowest BCUT2D eigenvalue weighted by molar-refractivity contribution is -0.0948. The molecule has 18 heavy (non-hydrogen) atoms. The zero-order valence-corrected chi connectivity index (χ0v) is 10.1. The van der Waals surface area contributed by atoms with Crippen LogP contribution in [0.3, 0.4) is 0 Å². The Kier molecular flexibility index (Phi) is 3.97. The van der Waals surface area contributed by atoms with E-state index in [-0.39, 0.29) is 24.2 Å². The summed E-state index contributed by atoms with van der Waals surface area (Å²) in [5.41, 5.74) is 5.20. The van der Waals surface area contributed by atoms with Crippen LogP contribution >= 0.6 is 0 Å². The van der Waals surface area contributed by atoms with Gasteiger partial charge in [0.25, 0.3) is 0 Å². The van der Waals surface area contributed by atoms with Gasteiger partial charge in [-0.05, 0) is 44.5 Å². The monoisotopic (exact) mass is 261 g/mol. The zero-order chi connectivity index (χ0) is 13.2. The predicted molar refractivity (Wildman–Crippen MR) is 63.8 cm³/mol. The first-order valence-electron chi connectivity index (χ1n) is 6.17. The van der Waals surface area contributed by atoms with Crippen LogP contribution < -0.4 is 16.4 Å². The average molecular weight is 261 g/mol. The third-order valence-corrected chi connectivity index (χ3v) is 3.33. The zero-order valence-electron chi connectivity index (χ0n) is 10.1. The number of hydrogen-bond donors (Lipinski definition) is 3. The molecular weight excluding hydrogens is 243 g/mol. The maximum Gasteiger partial charge on any atom is 0.412 e. The number of nitrogens with two attached hydrogens (primary N) is 1. The van der Waals surface area contributed by atoms with Crippen molar-refractivity contribution in [3.05, 3.63) is 23.4 Å². The van der Waals surface area contributed by atoms with Gasteiger partial charge in [0.2, 0.25) is 0 Å². The van der Waals surface area contributed by atoms with Gasteiger partial charge in [-0.25, -0.2) is 0 Å². The van der Waals surface area contributed by atoms with Crippen LogP contribution in [0.2, 0.25) is 0 Å². The van der Waals surface area contributed by atoms with E-state index < -0.39 is 11.7 Å². The highest BCUT2D eigenvalue weighted by molar-refractivity contribution is 5.31. The van der Waals surface area contributed by atoms with Crippen LogP contribution in [-0.4, -0.2) is 31.3 Å². The summed E-state index contributed by atoms with van der Waals surface area (Å²) in [5, 5.41) is 6.48. The SMILES string of the molecule is NC1=CC(NC2CCNCC2)CC(C(F)(F)F)=C1. The lowest BCUT2D eigenvalue weighted by Gasteiger charge is -2.30. The van der Waals surface area contributed by atoms with E-state index in [9.17, 15) is 13.2 Å². The van der Waals surface area contributed by atoms with Gasteiger partial charge in [0.1, 0.15) is 0 Å². The quantitative estimate of drug-likeness (QED) is 0.705. The number of halogens is 3. The van der Waals surface area contributed by atoms with Crippen LogP contribution in [0, 0.1) is 0 Å². The molecule has 1 unspecified atom stereocenters. The Bertz CT molecular complexity index is 354. The molecule has 1 fully saturated rings. The Morgan fingerprint density at radius 1 is 1.28 bits per heavy atom. The highest BCUT2D eigenvalue weighted by atomic mass is 19.4. The Balaban J connectivity index is 1.97. The second-order valence-corrected chi connectivity index (χ2v) is 4.84. The molecule has 1 saturated heterocycles. The maximum atomic E-state index is 12.7. The van der Waals surface area contributed by atoms with E-state index in [1.165, 1.54) is 0 Å². The van der Waals surface area contributed by atoms with E-state index in [1.54, 1.807) is 6.08 Å². The van der Waals surface area contributed by atoms with E-state index in [1.807, 2.05) is 0 Å². The van der Waals surface area contributed by atoms with Gasteiger partial charge in [-0.1, -0.05) is 0 Å². The molecule has 3 nitrogen and oxygen atoms in total. The summed E-state index contributed by atoms with van der Waals surface area (Å²) in [6, 6.07) is -0.0393. The molecule has 2 rings (SSSR count). The highest BCUT2D eigenvalue weighted by Crippen LogP contribution is 2.32. The lowest BCUT2D eigenvalue weighted by Crippen LogP contribution is -2.45. The molecule has 1 atom stereocenters. The van der Waals surface area contributed by atoms with Gasteiger partial charge in [-0.3, -0.25) is 0 Å². The maximum absolute atomic E-state index is 12.7. The predicted octanol–water partition coefficient (Wildman–Crippen LogP) is 1.43. The Hall–Kier alpha value is -1.01. The summed E-state index contributed by atoms with van der Waals surface area (Å²) in [6.45, 7) is 1.82. The molecule has 0 bridgehead atoms. The van der Waals surface area contributed by atoms with Crippen molar-refractivity contribution in [3.8, 4) is 0 Å². The summed E-state index contributed by atoms with van der Waals surface area (Å²) in [6.07, 6.45) is 0.267. The fraction of sp³-hybridized carbons (Fsp3) is 0.667. The van der Waals surface area contributed by atoms with Gasteiger partial charge in [-0.2, -0.15) is 13.2 Å². The molecule has 1 aliphatic carbocycles. The smallest absolute Gasteiger partial charge is 0.399 e. The number of allylic oxidation sites excluding steroid dienone is 1. The van der Waals surface area contributed by atoms with Crippen molar-refractivity contribution in [2.45, 2.75) is 37.5 Å². The average Bonchev–Trinajstić information content (AvgIpc) is 2.28. The van der Waals surface area contributed by atoms with Crippen LogP contribution in [0.15, 0.2) is 23.4 Å². The van der Waals surface area contributed by atoms with Crippen LogP contribution in [-0.2, 0) is 0 Å². The number of piperidine rings is 1. The normalized spacial score (nSPS) is 26.7. The molecule has 102 valence electrons. The highest BCUT2D eigenvalue weighted by Gasteiger charge is 2.36. The van der Waals surface area contributed by atoms with Crippen molar-refractivity contribution in [3.63, 3.8) is 0 Å². The number of rotatable bonds is 2. The van der Waals surface area contributed by atoms with Gasteiger partial charge in [-0.15, -0.1) is 0 Å². The van der Waals surface area contributed by atoms with Crippen LogP contribution in [0.1, 0.15) is 19.3 Å². The largest absolute Gasteiger partial charge is 0.412 e. The van der Waals surface area contributed by atoms with Crippen molar-refractivity contribution >= 4 is 0 Å². The fourth-order valence-electron chi connectivity index (χ4n) is 2.43. The third kappa shape index (κ3) is 3.49. The van der Waals surface area contributed by atoms with E-state index in [0.717, 1.165) is 32.0 Å². The first-order chi connectivity index (χ1) is 8.45. The van der Waals surface area contributed by atoms with Gasteiger partial charge in [0, 0.05) is 23.4 Å². The topological polar surface area (TPSA) is 50.1 Å².